The summed E-state index contributed by atoms with van der Waals surface area (Å²) in [5.41, 5.74) is 6.01. The second-order valence-electron chi connectivity index (χ2n) is 5.98. The van der Waals surface area contributed by atoms with Gasteiger partial charge >= 0.3 is 0 Å². The normalized spacial score (nSPS) is 18.5. The first kappa shape index (κ1) is 17.7. The second-order valence-corrected chi connectivity index (χ2v) is 5.98. The number of hydrogen-bond acceptors (Lipinski definition) is 4. The van der Waals surface area contributed by atoms with Crippen molar-refractivity contribution in [3.63, 3.8) is 0 Å². The number of primary amides is 1. The lowest BCUT2D eigenvalue weighted by Gasteiger charge is -2.28. The molecule has 0 radical (unpaired) electrons. The van der Waals surface area contributed by atoms with Crippen LogP contribution >= 0.6 is 0 Å². The third kappa shape index (κ3) is 4.41. The minimum Gasteiger partial charge on any atom is -0.368 e. The van der Waals surface area contributed by atoms with Crippen molar-refractivity contribution in [2.45, 2.75) is 38.6 Å². The fourth-order valence-corrected chi connectivity index (χ4v) is 2.96. The molecule has 2 rings (SSSR count). The number of carbonyl (C=O) groups is 4. The second kappa shape index (κ2) is 7.72. The van der Waals surface area contributed by atoms with Crippen LogP contribution in [0.3, 0.4) is 0 Å². The van der Waals surface area contributed by atoms with E-state index in [9.17, 15) is 19.2 Å². The summed E-state index contributed by atoms with van der Waals surface area (Å²) in [6.45, 7) is 1.34. The summed E-state index contributed by atoms with van der Waals surface area (Å²) in [6, 6.07) is 5.58. The van der Waals surface area contributed by atoms with E-state index in [0.29, 0.717) is 24.9 Å². The molecule has 0 aromatic heterocycles. The molecular formula is C17H21N3O4. The van der Waals surface area contributed by atoms with E-state index in [2.05, 4.69) is 10.6 Å². The Bertz CT molecular complexity index is 672. The maximum absolute atomic E-state index is 12.5. The Kier molecular flexibility index (Phi) is 5.68. The van der Waals surface area contributed by atoms with Crippen LogP contribution in [0.25, 0.3) is 0 Å². The summed E-state index contributed by atoms with van der Waals surface area (Å²) in [7, 11) is 0. The van der Waals surface area contributed by atoms with Gasteiger partial charge in [0.1, 0.15) is 11.8 Å². The Morgan fingerprint density at radius 1 is 1.25 bits per heavy atom. The molecule has 1 aromatic rings. The highest BCUT2D eigenvalue weighted by Gasteiger charge is 2.32. The minimum atomic E-state index is -0.910. The van der Waals surface area contributed by atoms with Crippen LogP contribution in [0.15, 0.2) is 24.3 Å². The average molecular weight is 331 g/mol. The van der Waals surface area contributed by atoms with Crippen LogP contribution in [0.5, 0.6) is 0 Å². The molecule has 0 bridgehead atoms. The first-order valence-corrected chi connectivity index (χ1v) is 7.87. The van der Waals surface area contributed by atoms with E-state index in [4.69, 9.17) is 5.73 Å². The molecule has 7 heteroatoms. The number of para-hydroxylation sites is 1. The number of carbonyl (C=O) groups excluding carboxylic acids is 4. The highest BCUT2D eigenvalue weighted by molar-refractivity contribution is 6.04. The molecule has 3 amide bonds. The number of hydrogen-bond donors (Lipinski definition) is 3. The lowest BCUT2D eigenvalue weighted by Crippen LogP contribution is -2.50. The van der Waals surface area contributed by atoms with Gasteiger partial charge < -0.3 is 16.4 Å². The molecule has 1 fully saturated rings. The summed E-state index contributed by atoms with van der Waals surface area (Å²) >= 11 is 0. The fourth-order valence-electron chi connectivity index (χ4n) is 2.96. The first-order chi connectivity index (χ1) is 11.4. The monoisotopic (exact) mass is 331 g/mol. The maximum Gasteiger partial charge on any atom is 0.254 e. The third-order valence-electron chi connectivity index (χ3n) is 4.07. The third-order valence-corrected chi connectivity index (χ3v) is 4.07. The first-order valence-electron chi connectivity index (χ1n) is 7.87. The van der Waals surface area contributed by atoms with Crippen molar-refractivity contribution in [2.75, 3.05) is 5.32 Å². The van der Waals surface area contributed by atoms with E-state index >= 15 is 0 Å². The van der Waals surface area contributed by atoms with E-state index in [-0.39, 0.29) is 29.6 Å². The summed E-state index contributed by atoms with van der Waals surface area (Å²) in [5.74, 6) is -1.70. The molecule has 1 saturated carbocycles. The number of amides is 3. The van der Waals surface area contributed by atoms with Gasteiger partial charge in [-0.2, -0.15) is 0 Å². The molecule has 0 unspecified atom stereocenters. The fraction of sp³-hybridized carbons (Fsp3) is 0.412. The van der Waals surface area contributed by atoms with Crippen LogP contribution in [-0.4, -0.2) is 29.5 Å². The SMILES string of the molecule is CC(=O)Nc1ccccc1C(=O)N[C@@H](C(N)=O)[C@H]1CCCC(=O)C1. The predicted molar refractivity (Wildman–Crippen MR) is 88.2 cm³/mol. The smallest absolute Gasteiger partial charge is 0.254 e. The van der Waals surface area contributed by atoms with E-state index in [1.807, 2.05) is 0 Å². The number of benzene rings is 1. The lowest BCUT2D eigenvalue weighted by atomic mass is 9.82. The zero-order chi connectivity index (χ0) is 17.7. The largest absolute Gasteiger partial charge is 0.368 e. The average Bonchev–Trinajstić information content (AvgIpc) is 2.52. The van der Waals surface area contributed by atoms with Gasteiger partial charge in [-0.15, -0.1) is 0 Å². The molecule has 0 heterocycles. The standard InChI is InChI=1S/C17H21N3O4/c1-10(21)19-14-8-3-2-7-13(14)17(24)20-15(16(18)23)11-5-4-6-12(22)9-11/h2-3,7-8,11,15H,4-6,9H2,1H3,(H2,18,23)(H,19,21)(H,20,24)/t11-,15+/m0/s1. The molecule has 0 spiro atoms. The van der Waals surface area contributed by atoms with Gasteiger partial charge in [-0.1, -0.05) is 12.1 Å². The lowest BCUT2D eigenvalue weighted by molar-refractivity contribution is -0.124. The Morgan fingerprint density at radius 3 is 2.58 bits per heavy atom. The Hall–Kier alpha value is -2.70. The van der Waals surface area contributed by atoms with Gasteiger partial charge in [0.2, 0.25) is 11.8 Å². The van der Waals surface area contributed by atoms with Gasteiger partial charge in [0.25, 0.3) is 5.91 Å². The number of Topliss-reactive ketones (excluding diaryl/α,β-unsaturated/α-hetero) is 1. The summed E-state index contributed by atoms with van der Waals surface area (Å²) < 4.78 is 0. The predicted octanol–water partition coefficient (Wildman–Crippen LogP) is 0.988. The molecule has 128 valence electrons. The van der Waals surface area contributed by atoms with Crippen LogP contribution in [0, 0.1) is 5.92 Å². The number of rotatable bonds is 5. The van der Waals surface area contributed by atoms with Crippen molar-refractivity contribution in [2.24, 2.45) is 11.7 Å². The molecule has 1 aliphatic rings. The van der Waals surface area contributed by atoms with Gasteiger partial charge in [0, 0.05) is 19.8 Å². The minimum absolute atomic E-state index is 0.0744. The molecule has 1 aromatic carbocycles. The van der Waals surface area contributed by atoms with Crippen LogP contribution in [0.1, 0.15) is 43.0 Å². The van der Waals surface area contributed by atoms with Crippen LogP contribution in [0.2, 0.25) is 0 Å². The van der Waals surface area contributed by atoms with E-state index < -0.39 is 17.9 Å². The van der Waals surface area contributed by atoms with Crippen molar-refractivity contribution in [1.82, 2.24) is 5.32 Å². The molecule has 7 nitrogen and oxygen atoms in total. The van der Waals surface area contributed by atoms with Crippen molar-refractivity contribution >= 4 is 29.2 Å². The van der Waals surface area contributed by atoms with Crippen molar-refractivity contribution in [3.8, 4) is 0 Å². The molecule has 24 heavy (non-hydrogen) atoms. The summed E-state index contributed by atoms with van der Waals surface area (Å²) in [6.07, 6.45) is 2.08. The van der Waals surface area contributed by atoms with Gasteiger partial charge in [0.15, 0.2) is 0 Å². The Morgan fingerprint density at radius 2 is 1.96 bits per heavy atom. The van der Waals surface area contributed by atoms with Crippen molar-refractivity contribution in [1.29, 1.82) is 0 Å². The van der Waals surface area contributed by atoms with Crippen LogP contribution in [-0.2, 0) is 14.4 Å². The quantitative estimate of drug-likeness (QED) is 0.745. The zero-order valence-electron chi connectivity index (χ0n) is 13.5. The van der Waals surface area contributed by atoms with Crippen LogP contribution < -0.4 is 16.4 Å². The van der Waals surface area contributed by atoms with Crippen molar-refractivity contribution in [3.05, 3.63) is 29.8 Å². The van der Waals surface area contributed by atoms with Crippen LogP contribution in [0.4, 0.5) is 5.69 Å². The highest BCUT2D eigenvalue weighted by Crippen LogP contribution is 2.25. The van der Waals surface area contributed by atoms with E-state index in [1.165, 1.54) is 6.92 Å². The van der Waals surface area contributed by atoms with Gasteiger partial charge in [-0.3, -0.25) is 19.2 Å². The maximum atomic E-state index is 12.5. The van der Waals surface area contributed by atoms with Gasteiger partial charge in [-0.25, -0.2) is 0 Å². The number of nitrogens with one attached hydrogen (secondary N) is 2. The topological polar surface area (TPSA) is 118 Å². The molecular weight excluding hydrogens is 310 g/mol. The van der Waals surface area contributed by atoms with Crippen molar-refractivity contribution < 1.29 is 19.2 Å². The Balaban J connectivity index is 2.18. The zero-order valence-corrected chi connectivity index (χ0v) is 13.5. The number of nitrogens with two attached hydrogens (primary N) is 1. The number of ketones is 1. The van der Waals surface area contributed by atoms with Gasteiger partial charge in [-0.05, 0) is 30.9 Å². The molecule has 2 atom stereocenters. The molecule has 1 aliphatic carbocycles. The summed E-state index contributed by atoms with van der Waals surface area (Å²) in [4.78, 5) is 47.2. The molecule has 0 saturated heterocycles. The number of anilines is 1. The Labute approximate surface area is 140 Å². The summed E-state index contributed by atoms with van der Waals surface area (Å²) in [5, 5.41) is 5.19. The van der Waals surface area contributed by atoms with E-state index in [1.54, 1.807) is 24.3 Å². The van der Waals surface area contributed by atoms with E-state index in [0.717, 1.165) is 0 Å². The van der Waals surface area contributed by atoms with Gasteiger partial charge in [0.05, 0.1) is 11.3 Å². The molecule has 4 N–H and O–H groups in total. The highest BCUT2D eigenvalue weighted by atomic mass is 16.2. The molecule has 0 aliphatic heterocycles.